The summed E-state index contributed by atoms with van der Waals surface area (Å²) in [7, 11) is 2.04. The lowest BCUT2D eigenvalue weighted by atomic mass is 10.1. The Morgan fingerprint density at radius 2 is 2.14 bits per heavy atom. The normalized spacial score (nSPS) is 12.4. The molecule has 0 bridgehead atoms. The fourth-order valence-corrected chi connectivity index (χ4v) is 2.51. The summed E-state index contributed by atoms with van der Waals surface area (Å²) in [4.78, 5) is 3.54. The second kappa shape index (κ2) is 4.43. The van der Waals surface area contributed by atoms with Gasteiger partial charge in [-0.05, 0) is 44.8 Å². The number of hydrogen-bond acceptors (Lipinski definition) is 3. The van der Waals surface area contributed by atoms with Gasteiger partial charge in [0.15, 0.2) is 0 Å². The van der Waals surface area contributed by atoms with Crippen LogP contribution in [-0.2, 0) is 6.54 Å². The number of hydrogen-bond donors (Lipinski definition) is 1. The van der Waals surface area contributed by atoms with Crippen LogP contribution in [-0.4, -0.2) is 29.2 Å². The maximum atomic E-state index is 9.65. The second-order valence-corrected chi connectivity index (χ2v) is 5.51. The first-order valence-electron chi connectivity index (χ1n) is 4.82. The van der Waals surface area contributed by atoms with E-state index >= 15 is 0 Å². The van der Waals surface area contributed by atoms with E-state index in [1.54, 1.807) is 11.3 Å². The fraction of sp³-hybridized carbons (Fsp3) is 0.636. The van der Waals surface area contributed by atoms with Crippen molar-refractivity contribution in [1.82, 2.24) is 4.90 Å². The van der Waals surface area contributed by atoms with Gasteiger partial charge in [0, 0.05) is 18.0 Å². The topological polar surface area (TPSA) is 23.5 Å². The molecule has 0 atom stereocenters. The van der Waals surface area contributed by atoms with E-state index in [1.165, 1.54) is 10.4 Å². The van der Waals surface area contributed by atoms with Crippen molar-refractivity contribution < 1.29 is 5.11 Å². The Balaban J connectivity index is 2.50. The van der Waals surface area contributed by atoms with Gasteiger partial charge in [-0.2, -0.15) is 0 Å². The predicted octanol–water partition coefficient (Wildman–Crippen LogP) is 2.26. The van der Waals surface area contributed by atoms with E-state index in [1.807, 2.05) is 20.9 Å². The van der Waals surface area contributed by atoms with Crippen molar-refractivity contribution in [3.63, 3.8) is 0 Å². The molecule has 2 nitrogen and oxygen atoms in total. The Hall–Kier alpha value is -0.380. The Kier molecular flexibility index (Phi) is 3.70. The van der Waals surface area contributed by atoms with Crippen molar-refractivity contribution in [2.75, 3.05) is 13.6 Å². The zero-order chi connectivity index (χ0) is 10.8. The number of aryl methyl sites for hydroxylation is 1. The molecule has 0 aliphatic heterocycles. The van der Waals surface area contributed by atoms with E-state index in [0.717, 1.165) is 6.54 Å². The highest BCUT2D eigenvalue weighted by atomic mass is 32.1. The molecule has 1 aromatic rings. The van der Waals surface area contributed by atoms with E-state index in [4.69, 9.17) is 0 Å². The molecule has 1 aromatic heterocycles. The van der Waals surface area contributed by atoms with Gasteiger partial charge in [0.1, 0.15) is 0 Å². The van der Waals surface area contributed by atoms with Crippen LogP contribution in [0.15, 0.2) is 11.4 Å². The summed E-state index contributed by atoms with van der Waals surface area (Å²) in [5.41, 5.74) is 0.734. The second-order valence-electron chi connectivity index (χ2n) is 4.51. The van der Waals surface area contributed by atoms with Crippen molar-refractivity contribution in [1.29, 1.82) is 0 Å². The van der Waals surface area contributed by atoms with Gasteiger partial charge >= 0.3 is 0 Å². The molecule has 1 rings (SSSR count). The van der Waals surface area contributed by atoms with Crippen LogP contribution >= 0.6 is 11.3 Å². The van der Waals surface area contributed by atoms with Gasteiger partial charge in [-0.1, -0.05) is 0 Å². The maximum Gasteiger partial charge on any atom is 0.0718 e. The number of likely N-dealkylation sites (N-methyl/N-ethyl adjacent to an activating group) is 1. The molecule has 0 fully saturated rings. The van der Waals surface area contributed by atoms with Gasteiger partial charge in [0.05, 0.1) is 5.60 Å². The van der Waals surface area contributed by atoms with Crippen molar-refractivity contribution >= 4 is 11.3 Å². The fourth-order valence-electron chi connectivity index (χ4n) is 1.53. The van der Waals surface area contributed by atoms with Gasteiger partial charge in [-0.3, -0.25) is 4.90 Å². The number of rotatable bonds is 4. The molecule has 3 heteroatoms. The quantitative estimate of drug-likeness (QED) is 0.829. The Morgan fingerprint density at radius 1 is 1.50 bits per heavy atom. The third-order valence-corrected chi connectivity index (χ3v) is 3.05. The first-order valence-corrected chi connectivity index (χ1v) is 5.70. The lowest BCUT2D eigenvalue weighted by Crippen LogP contribution is -2.35. The summed E-state index contributed by atoms with van der Waals surface area (Å²) in [5, 5.41) is 11.8. The minimum Gasteiger partial charge on any atom is -0.389 e. The maximum absolute atomic E-state index is 9.65. The van der Waals surface area contributed by atoms with Crippen molar-refractivity contribution in [2.24, 2.45) is 0 Å². The zero-order valence-corrected chi connectivity index (χ0v) is 10.2. The third kappa shape index (κ3) is 3.78. The first kappa shape index (κ1) is 11.7. The highest BCUT2D eigenvalue weighted by Gasteiger charge is 2.16. The van der Waals surface area contributed by atoms with Crippen LogP contribution < -0.4 is 0 Å². The summed E-state index contributed by atoms with van der Waals surface area (Å²) in [6, 6.07) is 2.14. The molecule has 0 unspecified atom stereocenters. The van der Waals surface area contributed by atoms with Gasteiger partial charge < -0.3 is 5.11 Å². The summed E-state index contributed by atoms with van der Waals surface area (Å²) in [6.07, 6.45) is 0. The summed E-state index contributed by atoms with van der Waals surface area (Å²) >= 11 is 1.78. The smallest absolute Gasteiger partial charge is 0.0718 e. The lowest BCUT2D eigenvalue weighted by Gasteiger charge is -2.25. The molecule has 0 aliphatic carbocycles. The molecule has 0 saturated heterocycles. The van der Waals surface area contributed by atoms with Crippen LogP contribution in [0.3, 0.4) is 0 Å². The minimum absolute atomic E-state index is 0.611. The predicted molar refractivity (Wildman–Crippen MR) is 61.7 cm³/mol. The molecule has 0 aliphatic rings. The average molecular weight is 213 g/mol. The van der Waals surface area contributed by atoms with Crippen LogP contribution in [0.25, 0.3) is 0 Å². The van der Waals surface area contributed by atoms with Gasteiger partial charge in [0.2, 0.25) is 0 Å². The third-order valence-electron chi connectivity index (χ3n) is 2.04. The summed E-state index contributed by atoms with van der Waals surface area (Å²) in [5.74, 6) is 0. The van der Waals surface area contributed by atoms with Crippen molar-refractivity contribution in [3.05, 3.63) is 21.9 Å². The van der Waals surface area contributed by atoms with Crippen LogP contribution in [0, 0.1) is 6.92 Å². The molecule has 0 amide bonds. The standard InChI is InChI=1S/C11H19NOS/c1-9-5-6-14-10(9)7-12(4)8-11(2,3)13/h5-6,13H,7-8H2,1-4H3. The van der Waals surface area contributed by atoms with Crippen LogP contribution in [0.5, 0.6) is 0 Å². The van der Waals surface area contributed by atoms with E-state index < -0.39 is 5.60 Å². The Labute approximate surface area is 90.2 Å². The molecule has 1 heterocycles. The van der Waals surface area contributed by atoms with Crippen molar-refractivity contribution in [2.45, 2.75) is 32.9 Å². The molecule has 80 valence electrons. The van der Waals surface area contributed by atoms with Crippen LogP contribution in [0.4, 0.5) is 0 Å². The van der Waals surface area contributed by atoms with E-state index in [2.05, 4.69) is 23.3 Å². The largest absolute Gasteiger partial charge is 0.389 e. The van der Waals surface area contributed by atoms with Gasteiger partial charge in [0.25, 0.3) is 0 Å². The SMILES string of the molecule is Cc1ccsc1CN(C)CC(C)(C)O. The number of aliphatic hydroxyl groups is 1. The molecule has 0 saturated carbocycles. The van der Waals surface area contributed by atoms with Crippen LogP contribution in [0.1, 0.15) is 24.3 Å². The Morgan fingerprint density at radius 3 is 2.57 bits per heavy atom. The molecule has 1 N–H and O–H groups in total. The minimum atomic E-state index is -0.611. The average Bonchev–Trinajstić information content (AvgIpc) is 2.32. The van der Waals surface area contributed by atoms with Crippen LogP contribution in [0.2, 0.25) is 0 Å². The summed E-state index contributed by atoms with van der Waals surface area (Å²) in [6.45, 7) is 7.43. The molecule has 0 aromatic carbocycles. The van der Waals surface area contributed by atoms with Gasteiger partial charge in [-0.25, -0.2) is 0 Å². The van der Waals surface area contributed by atoms with E-state index in [-0.39, 0.29) is 0 Å². The lowest BCUT2D eigenvalue weighted by molar-refractivity contribution is 0.0427. The highest BCUT2D eigenvalue weighted by Crippen LogP contribution is 2.18. The van der Waals surface area contributed by atoms with Crippen molar-refractivity contribution in [3.8, 4) is 0 Å². The highest BCUT2D eigenvalue weighted by molar-refractivity contribution is 7.10. The first-order chi connectivity index (χ1) is 6.38. The zero-order valence-electron chi connectivity index (χ0n) is 9.37. The van der Waals surface area contributed by atoms with E-state index in [9.17, 15) is 5.11 Å². The summed E-state index contributed by atoms with van der Waals surface area (Å²) < 4.78 is 0. The Bertz CT molecular complexity index is 288. The monoisotopic (exact) mass is 213 g/mol. The number of nitrogens with zero attached hydrogens (tertiary/aromatic N) is 1. The molecule has 0 spiro atoms. The molecule has 0 radical (unpaired) electrons. The molecule has 14 heavy (non-hydrogen) atoms. The number of thiophene rings is 1. The molecular weight excluding hydrogens is 194 g/mol. The van der Waals surface area contributed by atoms with E-state index in [0.29, 0.717) is 6.54 Å². The van der Waals surface area contributed by atoms with Gasteiger partial charge in [-0.15, -0.1) is 11.3 Å². The molecular formula is C11H19NOS.